The van der Waals surface area contributed by atoms with E-state index in [2.05, 4.69) is 5.32 Å². The van der Waals surface area contributed by atoms with Crippen molar-refractivity contribution in [3.8, 4) is 11.8 Å². The lowest BCUT2D eigenvalue weighted by Crippen LogP contribution is -2.20. The molecule has 0 heterocycles. The average Bonchev–Trinajstić information content (AvgIpc) is 2.46. The number of carbonyl (C=O) groups excluding carboxylic acids is 1. The Labute approximate surface area is 117 Å². The number of benzene rings is 2. The molecule has 0 aliphatic carbocycles. The summed E-state index contributed by atoms with van der Waals surface area (Å²) in [6, 6.07) is 16.2. The molecule has 0 fully saturated rings. The lowest BCUT2D eigenvalue weighted by Gasteiger charge is -2.08. The number of nitrogens with one attached hydrogen (secondary N) is 1. The predicted octanol–water partition coefficient (Wildman–Crippen LogP) is 2.88. The second kappa shape index (κ2) is 6.39. The summed E-state index contributed by atoms with van der Waals surface area (Å²) in [4.78, 5) is 11.7. The summed E-state index contributed by atoms with van der Waals surface area (Å²) in [6.07, 6.45) is 0. The average molecular weight is 266 g/mol. The summed E-state index contributed by atoms with van der Waals surface area (Å²) in [5, 5.41) is 11.4. The largest absolute Gasteiger partial charge is 0.484 e. The van der Waals surface area contributed by atoms with Gasteiger partial charge in [0, 0.05) is 5.69 Å². The van der Waals surface area contributed by atoms with Crippen molar-refractivity contribution in [3.05, 3.63) is 59.7 Å². The molecule has 4 heteroatoms. The third-order valence-corrected chi connectivity index (χ3v) is 2.66. The van der Waals surface area contributed by atoms with Gasteiger partial charge in [0.2, 0.25) is 0 Å². The quantitative estimate of drug-likeness (QED) is 0.925. The summed E-state index contributed by atoms with van der Waals surface area (Å²) in [5.74, 6) is 0.427. The van der Waals surface area contributed by atoms with Crippen molar-refractivity contribution >= 4 is 11.6 Å². The zero-order valence-electron chi connectivity index (χ0n) is 11.1. The zero-order chi connectivity index (χ0) is 14.4. The van der Waals surface area contributed by atoms with Crippen molar-refractivity contribution in [2.45, 2.75) is 6.92 Å². The van der Waals surface area contributed by atoms with Crippen LogP contribution in [0.1, 0.15) is 11.1 Å². The Morgan fingerprint density at radius 2 is 2.00 bits per heavy atom. The summed E-state index contributed by atoms with van der Waals surface area (Å²) in [7, 11) is 0. The molecule has 0 saturated carbocycles. The van der Waals surface area contributed by atoms with E-state index in [0.29, 0.717) is 17.0 Å². The first-order valence-electron chi connectivity index (χ1n) is 6.17. The van der Waals surface area contributed by atoms with Crippen molar-refractivity contribution < 1.29 is 9.53 Å². The maximum atomic E-state index is 11.7. The highest BCUT2D eigenvalue weighted by atomic mass is 16.5. The third-order valence-electron chi connectivity index (χ3n) is 2.66. The first-order chi connectivity index (χ1) is 9.67. The molecule has 1 amide bonds. The van der Waals surface area contributed by atoms with Crippen LogP contribution < -0.4 is 10.1 Å². The number of hydrogen-bond acceptors (Lipinski definition) is 3. The maximum Gasteiger partial charge on any atom is 0.262 e. The molecule has 0 saturated heterocycles. The van der Waals surface area contributed by atoms with E-state index in [9.17, 15) is 4.79 Å². The number of ether oxygens (including phenoxy) is 1. The van der Waals surface area contributed by atoms with Crippen LogP contribution in [0.3, 0.4) is 0 Å². The van der Waals surface area contributed by atoms with Gasteiger partial charge in [-0.05, 0) is 48.9 Å². The Bertz CT molecular complexity index is 642. The Balaban J connectivity index is 1.87. The predicted molar refractivity (Wildman–Crippen MR) is 76.5 cm³/mol. The normalized spacial score (nSPS) is 9.60. The maximum absolute atomic E-state index is 11.7. The highest BCUT2D eigenvalue weighted by molar-refractivity contribution is 5.91. The molecule has 0 radical (unpaired) electrons. The number of anilines is 1. The molecule has 4 nitrogen and oxygen atoms in total. The van der Waals surface area contributed by atoms with Gasteiger partial charge in [0.25, 0.3) is 5.91 Å². The van der Waals surface area contributed by atoms with Crippen LogP contribution in [0, 0.1) is 18.3 Å². The molecular formula is C16H14N2O2. The van der Waals surface area contributed by atoms with Crippen molar-refractivity contribution in [3.63, 3.8) is 0 Å². The highest BCUT2D eigenvalue weighted by Gasteiger charge is 2.04. The van der Waals surface area contributed by atoms with Crippen LogP contribution in [0.4, 0.5) is 5.69 Å². The topological polar surface area (TPSA) is 62.1 Å². The fraction of sp³-hybridized carbons (Fsp3) is 0.125. The first kappa shape index (κ1) is 13.6. The molecule has 2 rings (SSSR count). The van der Waals surface area contributed by atoms with Crippen molar-refractivity contribution in [2.75, 3.05) is 11.9 Å². The molecule has 0 bridgehead atoms. The van der Waals surface area contributed by atoms with Gasteiger partial charge in [-0.3, -0.25) is 4.79 Å². The van der Waals surface area contributed by atoms with Crippen LogP contribution in [-0.2, 0) is 4.79 Å². The fourth-order valence-corrected chi connectivity index (χ4v) is 1.68. The van der Waals surface area contributed by atoms with Crippen LogP contribution in [0.5, 0.6) is 5.75 Å². The molecule has 0 unspecified atom stereocenters. The molecule has 0 aliphatic rings. The van der Waals surface area contributed by atoms with E-state index in [-0.39, 0.29) is 12.5 Å². The van der Waals surface area contributed by atoms with Gasteiger partial charge in [0.15, 0.2) is 6.61 Å². The molecule has 0 aromatic heterocycles. The fourth-order valence-electron chi connectivity index (χ4n) is 1.68. The second-order valence-electron chi connectivity index (χ2n) is 4.34. The van der Waals surface area contributed by atoms with E-state index in [1.807, 2.05) is 37.3 Å². The van der Waals surface area contributed by atoms with Gasteiger partial charge in [-0.2, -0.15) is 5.26 Å². The second-order valence-corrected chi connectivity index (χ2v) is 4.34. The van der Waals surface area contributed by atoms with Gasteiger partial charge in [-0.15, -0.1) is 0 Å². The molecule has 0 spiro atoms. The molecular weight excluding hydrogens is 252 g/mol. The number of carbonyl (C=O) groups is 1. The van der Waals surface area contributed by atoms with Crippen molar-refractivity contribution in [2.24, 2.45) is 0 Å². The van der Waals surface area contributed by atoms with Crippen LogP contribution >= 0.6 is 0 Å². The van der Waals surface area contributed by atoms with E-state index in [1.165, 1.54) is 0 Å². The minimum absolute atomic E-state index is 0.0521. The van der Waals surface area contributed by atoms with Gasteiger partial charge in [0.05, 0.1) is 11.6 Å². The molecule has 100 valence electrons. The smallest absolute Gasteiger partial charge is 0.262 e. The van der Waals surface area contributed by atoms with Crippen molar-refractivity contribution in [1.82, 2.24) is 0 Å². The summed E-state index contributed by atoms with van der Waals surface area (Å²) in [5.41, 5.74) is 2.27. The summed E-state index contributed by atoms with van der Waals surface area (Å²) in [6.45, 7) is 1.91. The number of amides is 1. The molecule has 2 aromatic carbocycles. The lowest BCUT2D eigenvalue weighted by molar-refractivity contribution is -0.118. The van der Waals surface area contributed by atoms with Crippen LogP contribution in [0.25, 0.3) is 0 Å². The first-order valence-corrected chi connectivity index (χ1v) is 6.17. The van der Waals surface area contributed by atoms with E-state index >= 15 is 0 Å². The molecule has 0 aliphatic heterocycles. The number of hydrogen-bond donors (Lipinski definition) is 1. The Morgan fingerprint density at radius 3 is 2.65 bits per heavy atom. The van der Waals surface area contributed by atoms with Gasteiger partial charge in [-0.1, -0.05) is 12.1 Å². The third kappa shape index (κ3) is 3.85. The summed E-state index contributed by atoms with van der Waals surface area (Å²) >= 11 is 0. The number of aryl methyl sites for hydroxylation is 1. The SMILES string of the molecule is Cc1cccc(OCC(=O)Nc2ccc(C#N)cc2)c1. The van der Waals surface area contributed by atoms with E-state index in [4.69, 9.17) is 10.00 Å². The molecule has 20 heavy (non-hydrogen) atoms. The summed E-state index contributed by atoms with van der Waals surface area (Å²) < 4.78 is 5.40. The van der Waals surface area contributed by atoms with E-state index < -0.39 is 0 Å². The van der Waals surface area contributed by atoms with E-state index in [1.54, 1.807) is 24.3 Å². The van der Waals surface area contributed by atoms with Gasteiger partial charge >= 0.3 is 0 Å². The standard InChI is InChI=1S/C16H14N2O2/c1-12-3-2-4-15(9-12)20-11-16(19)18-14-7-5-13(10-17)6-8-14/h2-9H,11H2,1H3,(H,18,19). The number of nitriles is 1. The minimum Gasteiger partial charge on any atom is -0.484 e. The van der Waals surface area contributed by atoms with Crippen molar-refractivity contribution in [1.29, 1.82) is 5.26 Å². The van der Waals surface area contributed by atoms with Crippen LogP contribution in [0.15, 0.2) is 48.5 Å². The Hall–Kier alpha value is -2.80. The zero-order valence-corrected chi connectivity index (χ0v) is 11.1. The Morgan fingerprint density at radius 1 is 1.25 bits per heavy atom. The van der Waals surface area contributed by atoms with E-state index in [0.717, 1.165) is 5.56 Å². The minimum atomic E-state index is -0.240. The lowest BCUT2D eigenvalue weighted by atomic mass is 10.2. The highest BCUT2D eigenvalue weighted by Crippen LogP contribution is 2.13. The molecule has 0 atom stereocenters. The molecule has 2 aromatic rings. The van der Waals surface area contributed by atoms with Gasteiger partial charge in [0.1, 0.15) is 5.75 Å². The van der Waals surface area contributed by atoms with Crippen LogP contribution in [-0.4, -0.2) is 12.5 Å². The number of nitrogens with zero attached hydrogens (tertiary/aromatic N) is 1. The Kier molecular flexibility index (Phi) is 4.35. The van der Waals surface area contributed by atoms with Crippen LogP contribution in [0.2, 0.25) is 0 Å². The number of rotatable bonds is 4. The monoisotopic (exact) mass is 266 g/mol. The molecule has 1 N–H and O–H groups in total. The van der Waals surface area contributed by atoms with Gasteiger partial charge < -0.3 is 10.1 Å². The van der Waals surface area contributed by atoms with Gasteiger partial charge in [-0.25, -0.2) is 0 Å².